The first-order valence-corrected chi connectivity index (χ1v) is 10.7. The fourth-order valence-electron chi connectivity index (χ4n) is 3.74. The molecule has 2 aliphatic rings. The number of hydrogen-bond donors (Lipinski definition) is 3. The fourth-order valence-corrected chi connectivity index (χ4v) is 3.74. The topological polar surface area (TPSA) is 151 Å². The number of fused-ring (bicyclic) bond motifs is 1. The first kappa shape index (κ1) is 22.1. The van der Waals surface area contributed by atoms with Gasteiger partial charge >= 0.3 is 6.09 Å². The Morgan fingerprint density at radius 3 is 3.06 bits per heavy atom. The minimum Gasteiger partial charge on any atom is -0.441 e. The van der Waals surface area contributed by atoms with Crippen molar-refractivity contribution in [2.24, 2.45) is 0 Å². The number of halogens is 1. The highest BCUT2D eigenvalue weighted by Gasteiger charge is 2.44. The molecular weight excluding hydrogens is 447 g/mol. The number of carbonyl (C=O) groups excluding carboxylic acids is 1. The molecule has 1 aliphatic heterocycles. The van der Waals surface area contributed by atoms with E-state index in [1.807, 2.05) is 6.92 Å². The summed E-state index contributed by atoms with van der Waals surface area (Å²) in [5.41, 5.74) is 1.48. The number of imidazole rings is 1. The highest BCUT2D eigenvalue weighted by molar-refractivity contribution is 5.69. The first-order chi connectivity index (χ1) is 16.4. The summed E-state index contributed by atoms with van der Waals surface area (Å²) in [6.45, 7) is 2.12. The summed E-state index contributed by atoms with van der Waals surface area (Å²) >= 11 is 0. The van der Waals surface area contributed by atoms with E-state index in [4.69, 9.17) is 14.2 Å². The van der Waals surface area contributed by atoms with E-state index in [0.717, 1.165) is 12.8 Å². The number of alkyl carbamates (subject to hydrolysis) is 1. The van der Waals surface area contributed by atoms with Crippen LogP contribution in [-0.4, -0.2) is 62.2 Å². The number of methoxy groups -OCH3 is 1. The van der Waals surface area contributed by atoms with Crippen molar-refractivity contribution in [3.63, 3.8) is 0 Å². The highest BCUT2D eigenvalue weighted by Crippen LogP contribution is 2.36. The van der Waals surface area contributed by atoms with E-state index in [1.54, 1.807) is 23.8 Å². The number of amides is 1. The predicted molar refractivity (Wildman–Crippen MR) is 115 cm³/mol. The first-order valence-electron chi connectivity index (χ1n) is 10.7. The minimum atomic E-state index is -1.56. The van der Waals surface area contributed by atoms with Gasteiger partial charge in [0.2, 0.25) is 5.95 Å². The van der Waals surface area contributed by atoms with Gasteiger partial charge in [0.15, 0.2) is 23.7 Å². The van der Waals surface area contributed by atoms with Crippen LogP contribution >= 0.6 is 0 Å². The van der Waals surface area contributed by atoms with Gasteiger partial charge in [0.1, 0.15) is 17.7 Å². The van der Waals surface area contributed by atoms with Crippen molar-refractivity contribution in [3.05, 3.63) is 35.4 Å². The van der Waals surface area contributed by atoms with E-state index >= 15 is 0 Å². The number of ether oxygens (including phenoxy) is 3. The molecule has 13 heteroatoms. The molecule has 0 aromatic carbocycles. The number of hydrogen-bond acceptors (Lipinski definition) is 9. The number of nitrogens with zero attached hydrogens (tertiary/aromatic N) is 5. The van der Waals surface area contributed by atoms with E-state index in [0.29, 0.717) is 34.4 Å². The van der Waals surface area contributed by atoms with Crippen molar-refractivity contribution in [1.29, 1.82) is 5.26 Å². The molecule has 3 atom stereocenters. The summed E-state index contributed by atoms with van der Waals surface area (Å²) < 4.78 is 32.5. The van der Waals surface area contributed by atoms with Crippen LogP contribution in [0, 0.1) is 11.3 Å². The van der Waals surface area contributed by atoms with Gasteiger partial charge in [0.05, 0.1) is 30.8 Å². The minimum absolute atomic E-state index is 0.0626. The number of rotatable bonds is 7. The van der Waals surface area contributed by atoms with E-state index < -0.39 is 24.5 Å². The Balaban J connectivity index is 1.29. The van der Waals surface area contributed by atoms with Crippen molar-refractivity contribution in [1.82, 2.24) is 29.9 Å². The average molecular weight is 470 g/mol. The summed E-state index contributed by atoms with van der Waals surface area (Å²) in [4.78, 5) is 20.7. The maximum Gasteiger partial charge on any atom is 0.408 e. The van der Waals surface area contributed by atoms with Gasteiger partial charge in [-0.05, 0) is 19.8 Å². The van der Waals surface area contributed by atoms with Crippen LogP contribution < -0.4 is 10.6 Å². The SMILES string of the molecule is COCc1cn2c(Nc3cc(C4OCC(OC(=O)NC5(C)CC5)C4F)[nH]n3)ncc(C#N)c2n1. The highest BCUT2D eigenvalue weighted by atomic mass is 19.1. The molecule has 3 unspecified atom stereocenters. The lowest BCUT2D eigenvalue weighted by atomic mass is 10.1. The van der Waals surface area contributed by atoms with Crippen LogP contribution in [-0.2, 0) is 20.8 Å². The lowest BCUT2D eigenvalue weighted by molar-refractivity contribution is 0.0604. The van der Waals surface area contributed by atoms with Crippen LogP contribution in [0.15, 0.2) is 18.5 Å². The molecule has 3 aromatic heterocycles. The number of nitrogens with one attached hydrogen (secondary N) is 3. The van der Waals surface area contributed by atoms with Crippen molar-refractivity contribution in [2.45, 2.75) is 50.3 Å². The van der Waals surface area contributed by atoms with E-state index in [-0.39, 0.29) is 18.8 Å². The van der Waals surface area contributed by atoms with Crippen molar-refractivity contribution in [3.8, 4) is 6.07 Å². The maximum atomic E-state index is 15.0. The summed E-state index contributed by atoms with van der Waals surface area (Å²) in [6, 6.07) is 3.65. The number of alkyl halides is 1. The Bertz CT molecular complexity index is 1260. The molecule has 3 aromatic rings. The Hall–Kier alpha value is -3.76. The third kappa shape index (κ3) is 4.25. The van der Waals surface area contributed by atoms with Gasteiger partial charge < -0.3 is 24.8 Å². The van der Waals surface area contributed by atoms with Crippen molar-refractivity contribution < 1.29 is 23.4 Å². The third-order valence-electron chi connectivity index (χ3n) is 5.84. The lowest BCUT2D eigenvalue weighted by Gasteiger charge is -2.17. The average Bonchev–Trinajstić information content (AvgIpc) is 3.16. The Labute approximate surface area is 193 Å². The molecule has 4 heterocycles. The summed E-state index contributed by atoms with van der Waals surface area (Å²) in [5, 5.41) is 22.0. The number of anilines is 2. The second kappa shape index (κ2) is 8.54. The quantitative estimate of drug-likeness (QED) is 0.472. The van der Waals surface area contributed by atoms with Gasteiger partial charge in [-0.3, -0.25) is 9.50 Å². The van der Waals surface area contributed by atoms with Crippen LogP contribution in [0.4, 0.5) is 21.0 Å². The monoisotopic (exact) mass is 470 g/mol. The van der Waals surface area contributed by atoms with E-state index in [9.17, 15) is 14.4 Å². The molecule has 0 radical (unpaired) electrons. The molecule has 1 saturated carbocycles. The van der Waals surface area contributed by atoms with Crippen LogP contribution in [0.1, 0.15) is 42.8 Å². The lowest BCUT2D eigenvalue weighted by Crippen LogP contribution is -2.39. The smallest absolute Gasteiger partial charge is 0.408 e. The van der Waals surface area contributed by atoms with Crippen LogP contribution in [0.2, 0.25) is 0 Å². The molecule has 34 heavy (non-hydrogen) atoms. The van der Waals surface area contributed by atoms with Gasteiger partial charge in [-0.2, -0.15) is 10.4 Å². The molecule has 178 valence electrons. The Kier molecular flexibility index (Phi) is 5.54. The summed E-state index contributed by atoms with van der Waals surface area (Å²) in [5.74, 6) is 0.715. The standard InChI is InChI=1S/C21H23FN8O4/c1-21(3-4-21)27-20(31)34-14-10-33-17(16(14)22)13-5-15(29-28-13)26-19-24-7-11(6-23)18-25-12(9-32-2)8-30(18)19/h5,7-8,14,16-17H,3-4,9-10H2,1-2H3,(H,27,31)(H2,24,26,28,29). The zero-order chi connectivity index (χ0) is 23.9. The molecule has 2 fully saturated rings. The van der Waals surface area contributed by atoms with Gasteiger partial charge in [-0.25, -0.2) is 19.2 Å². The summed E-state index contributed by atoms with van der Waals surface area (Å²) in [6.07, 6.45) is 0.676. The number of aromatic amines is 1. The number of H-pyrrole nitrogens is 1. The summed E-state index contributed by atoms with van der Waals surface area (Å²) in [7, 11) is 1.55. The molecular formula is C21H23FN8O4. The normalized spacial score (nSPS) is 22.9. The van der Waals surface area contributed by atoms with Crippen LogP contribution in [0.25, 0.3) is 5.65 Å². The zero-order valence-corrected chi connectivity index (χ0v) is 18.5. The molecule has 0 bridgehead atoms. The van der Waals surface area contributed by atoms with Crippen LogP contribution in [0.5, 0.6) is 0 Å². The zero-order valence-electron chi connectivity index (χ0n) is 18.5. The number of carbonyl (C=O) groups is 1. The molecule has 3 N–H and O–H groups in total. The van der Waals surface area contributed by atoms with E-state index in [2.05, 4.69) is 36.9 Å². The largest absolute Gasteiger partial charge is 0.441 e. The van der Waals surface area contributed by atoms with Crippen molar-refractivity contribution >= 4 is 23.5 Å². The van der Waals surface area contributed by atoms with Crippen molar-refractivity contribution in [2.75, 3.05) is 19.0 Å². The molecule has 0 spiro atoms. The molecule has 1 aliphatic carbocycles. The molecule has 1 amide bonds. The second-order valence-corrected chi connectivity index (χ2v) is 8.63. The van der Waals surface area contributed by atoms with E-state index in [1.165, 1.54) is 6.20 Å². The third-order valence-corrected chi connectivity index (χ3v) is 5.84. The van der Waals surface area contributed by atoms with Gasteiger partial charge in [0, 0.05) is 24.9 Å². The number of aromatic nitrogens is 5. The molecule has 5 rings (SSSR count). The Morgan fingerprint density at radius 1 is 1.50 bits per heavy atom. The Morgan fingerprint density at radius 2 is 2.32 bits per heavy atom. The molecule has 12 nitrogen and oxygen atoms in total. The fraction of sp³-hybridized carbons (Fsp3) is 0.476. The predicted octanol–water partition coefficient (Wildman–Crippen LogP) is 2.27. The van der Waals surface area contributed by atoms with Gasteiger partial charge in [-0.15, -0.1) is 0 Å². The molecule has 1 saturated heterocycles. The van der Waals surface area contributed by atoms with Gasteiger partial charge in [-0.1, -0.05) is 0 Å². The number of nitriles is 1. The second-order valence-electron chi connectivity index (χ2n) is 8.63. The maximum absolute atomic E-state index is 15.0. The van der Waals surface area contributed by atoms with Gasteiger partial charge in [0.25, 0.3) is 0 Å². The van der Waals surface area contributed by atoms with Crippen LogP contribution in [0.3, 0.4) is 0 Å².